The molecule has 3 nitrogen and oxygen atoms in total. The van der Waals surface area contributed by atoms with Gasteiger partial charge in [0.25, 0.3) is 5.91 Å². The third kappa shape index (κ3) is 5.01. The molecule has 1 unspecified atom stereocenters. The van der Waals surface area contributed by atoms with Gasteiger partial charge in [0.05, 0.1) is 27.7 Å². The third-order valence-corrected chi connectivity index (χ3v) is 8.67. The molecule has 176 valence electrons. The molecule has 0 aliphatic heterocycles. The Kier molecular flexibility index (Phi) is 6.95. The van der Waals surface area contributed by atoms with Gasteiger partial charge in [0.2, 0.25) is 0 Å². The van der Waals surface area contributed by atoms with Crippen molar-refractivity contribution in [2.45, 2.75) is 39.2 Å². The molecule has 5 rings (SSSR count). The van der Waals surface area contributed by atoms with Gasteiger partial charge in [0, 0.05) is 32.9 Å². The number of hydrogen-bond acceptors (Lipinski definition) is 2. The molecule has 0 fully saturated rings. The van der Waals surface area contributed by atoms with Crippen LogP contribution in [0.25, 0.3) is 10.9 Å². The molecule has 34 heavy (non-hydrogen) atoms. The van der Waals surface area contributed by atoms with E-state index in [0.29, 0.717) is 40.1 Å². The predicted octanol–water partition coefficient (Wildman–Crippen LogP) is 8.20. The molecule has 0 spiro atoms. The van der Waals surface area contributed by atoms with Gasteiger partial charge in [-0.15, -0.1) is 11.3 Å². The lowest BCUT2D eigenvalue weighted by atomic mass is 9.90. The number of nitrogens with one attached hydrogen (secondary N) is 1. The molecule has 7 heteroatoms. The molecule has 1 atom stereocenters. The van der Waals surface area contributed by atoms with Crippen molar-refractivity contribution < 1.29 is 4.79 Å². The molecule has 0 saturated heterocycles. The lowest BCUT2D eigenvalue weighted by Gasteiger charge is -2.23. The van der Waals surface area contributed by atoms with Crippen molar-refractivity contribution in [2.75, 3.05) is 6.54 Å². The van der Waals surface area contributed by atoms with Crippen molar-refractivity contribution >= 4 is 62.9 Å². The monoisotopic (exact) mass is 530 g/mol. The minimum atomic E-state index is -0.0326. The van der Waals surface area contributed by atoms with Crippen LogP contribution in [0.2, 0.25) is 15.1 Å². The van der Waals surface area contributed by atoms with Crippen LogP contribution in [-0.2, 0) is 25.8 Å². The van der Waals surface area contributed by atoms with Crippen LogP contribution in [0.3, 0.4) is 0 Å². The number of fused-ring (bicyclic) bond motifs is 2. The first-order valence-electron chi connectivity index (χ1n) is 11.5. The van der Waals surface area contributed by atoms with Gasteiger partial charge in [0.1, 0.15) is 0 Å². The Morgan fingerprint density at radius 2 is 1.97 bits per heavy atom. The fourth-order valence-corrected chi connectivity index (χ4v) is 6.63. The van der Waals surface area contributed by atoms with Crippen molar-refractivity contribution in [3.8, 4) is 0 Å². The number of H-pyrrole nitrogens is 1. The molecule has 1 aliphatic rings. The first-order chi connectivity index (χ1) is 16.4. The van der Waals surface area contributed by atoms with Crippen molar-refractivity contribution in [2.24, 2.45) is 5.92 Å². The Hall–Kier alpha value is -1.98. The molecule has 2 aromatic heterocycles. The van der Waals surface area contributed by atoms with E-state index >= 15 is 0 Å². The number of carbonyl (C=O) groups excluding carboxylic acids is 1. The second-order valence-corrected chi connectivity index (χ2v) is 11.6. The molecular formula is C27H25Cl3N2OS. The first-order valence-corrected chi connectivity index (χ1v) is 13.4. The summed E-state index contributed by atoms with van der Waals surface area (Å²) in [6.45, 7) is 3.45. The molecule has 0 bridgehead atoms. The zero-order chi connectivity index (χ0) is 23.8. The van der Waals surface area contributed by atoms with E-state index in [1.807, 2.05) is 46.7 Å². The zero-order valence-electron chi connectivity index (χ0n) is 18.8. The second-order valence-electron chi connectivity index (χ2n) is 9.13. The van der Waals surface area contributed by atoms with E-state index in [1.54, 1.807) is 12.1 Å². The van der Waals surface area contributed by atoms with Crippen LogP contribution in [-0.4, -0.2) is 22.3 Å². The standard InChI is InChI=1S/C27H25Cl3N2OS/c1-16-2-4-18-13-21(34-25(18)10-16)15-32(9-7-17-3-5-23(29)24(30)11-17)27(33)22-14-20(28)12-19-6-8-31-26(19)22/h3,5-6,8,11-14,16,31H,2,4,7,9-10,15H2,1H3. The Morgan fingerprint density at radius 3 is 2.79 bits per heavy atom. The van der Waals surface area contributed by atoms with E-state index in [1.165, 1.54) is 21.7 Å². The highest BCUT2D eigenvalue weighted by Gasteiger charge is 2.23. The topological polar surface area (TPSA) is 36.1 Å². The number of hydrogen-bond donors (Lipinski definition) is 1. The van der Waals surface area contributed by atoms with Crippen LogP contribution in [0, 0.1) is 5.92 Å². The van der Waals surface area contributed by atoms with E-state index < -0.39 is 0 Å². The number of benzene rings is 2. The third-order valence-electron chi connectivity index (χ3n) is 6.53. The van der Waals surface area contributed by atoms with Gasteiger partial charge in [-0.3, -0.25) is 4.79 Å². The molecular weight excluding hydrogens is 507 g/mol. The Labute approximate surface area is 218 Å². The normalized spacial score (nSPS) is 15.5. The largest absolute Gasteiger partial charge is 0.361 e. The number of aromatic nitrogens is 1. The van der Waals surface area contributed by atoms with Crippen LogP contribution >= 0.6 is 46.1 Å². The van der Waals surface area contributed by atoms with Gasteiger partial charge in [-0.2, -0.15) is 0 Å². The average molecular weight is 532 g/mol. The van der Waals surface area contributed by atoms with Gasteiger partial charge in [-0.05, 0) is 79.1 Å². The number of carbonyl (C=O) groups is 1. The summed E-state index contributed by atoms with van der Waals surface area (Å²) < 4.78 is 0. The van der Waals surface area contributed by atoms with Crippen molar-refractivity contribution in [3.05, 3.63) is 90.2 Å². The highest BCUT2D eigenvalue weighted by molar-refractivity contribution is 7.12. The van der Waals surface area contributed by atoms with E-state index in [4.69, 9.17) is 34.8 Å². The van der Waals surface area contributed by atoms with Crippen LogP contribution in [0.1, 0.15) is 44.6 Å². The first kappa shape index (κ1) is 23.7. The highest BCUT2D eigenvalue weighted by atomic mass is 35.5. The summed E-state index contributed by atoms with van der Waals surface area (Å²) >= 11 is 20.5. The van der Waals surface area contributed by atoms with Crippen LogP contribution in [0.5, 0.6) is 0 Å². The van der Waals surface area contributed by atoms with Crippen LogP contribution in [0.4, 0.5) is 0 Å². The fourth-order valence-electron chi connectivity index (χ4n) is 4.68. The summed E-state index contributed by atoms with van der Waals surface area (Å²) in [5, 5.41) is 2.55. The lowest BCUT2D eigenvalue weighted by molar-refractivity contribution is 0.0748. The number of aromatic amines is 1. The summed E-state index contributed by atoms with van der Waals surface area (Å²) in [7, 11) is 0. The number of halogens is 3. The lowest BCUT2D eigenvalue weighted by Crippen LogP contribution is -2.32. The van der Waals surface area contributed by atoms with Crippen LogP contribution < -0.4 is 0 Å². The molecule has 4 aromatic rings. The molecule has 0 radical (unpaired) electrons. The summed E-state index contributed by atoms with van der Waals surface area (Å²) in [4.78, 5) is 21.7. The van der Waals surface area contributed by atoms with E-state index in [0.717, 1.165) is 35.2 Å². The van der Waals surface area contributed by atoms with E-state index in [2.05, 4.69) is 18.0 Å². The average Bonchev–Trinajstić information content (AvgIpc) is 3.43. The predicted molar refractivity (Wildman–Crippen MR) is 144 cm³/mol. The number of nitrogens with zero attached hydrogens (tertiary/aromatic N) is 1. The molecule has 1 amide bonds. The highest BCUT2D eigenvalue weighted by Crippen LogP contribution is 2.33. The SMILES string of the molecule is CC1CCc2cc(CN(CCc3ccc(Cl)c(Cl)c3)C(=O)c3cc(Cl)cc4cc[nH]c34)sc2C1. The van der Waals surface area contributed by atoms with Gasteiger partial charge in [0.15, 0.2) is 0 Å². The molecule has 1 N–H and O–H groups in total. The van der Waals surface area contributed by atoms with Crippen LogP contribution in [0.15, 0.2) is 48.7 Å². The maximum absolute atomic E-state index is 13.9. The van der Waals surface area contributed by atoms with Crippen molar-refractivity contribution in [1.82, 2.24) is 9.88 Å². The minimum absolute atomic E-state index is 0.0326. The summed E-state index contributed by atoms with van der Waals surface area (Å²) in [5.74, 6) is 0.689. The van der Waals surface area contributed by atoms with E-state index in [-0.39, 0.29) is 5.91 Å². The number of aryl methyl sites for hydroxylation is 1. The summed E-state index contributed by atoms with van der Waals surface area (Å²) in [6.07, 6.45) is 6.01. The van der Waals surface area contributed by atoms with Gasteiger partial charge in [-0.25, -0.2) is 0 Å². The zero-order valence-corrected chi connectivity index (χ0v) is 21.9. The van der Waals surface area contributed by atoms with Gasteiger partial charge < -0.3 is 9.88 Å². The molecule has 2 heterocycles. The number of thiophene rings is 1. The van der Waals surface area contributed by atoms with Gasteiger partial charge in [-0.1, -0.05) is 47.8 Å². The smallest absolute Gasteiger partial charge is 0.256 e. The van der Waals surface area contributed by atoms with Crippen molar-refractivity contribution in [3.63, 3.8) is 0 Å². The Balaban J connectivity index is 1.45. The quantitative estimate of drug-likeness (QED) is 0.267. The number of amides is 1. The summed E-state index contributed by atoms with van der Waals surface area (Å²) in [6, 6.07) is 13.5. The number of rotatable bonds is 6. The maximum Gasteiger partial charge on any atom is 0.256 e. The molecule has 0 saturated carbocycles. The second kappa shape index (κ2) is 9.94. The Morgan fingerprint density at radius 1 is 1.12 bits per heavy atom. The van der Waals surface area contributed by atoms with E-state index in [9.17, 15) is 4.79 Å². The Bertz CT molecular complexity index is 1360. The molecule has 2 aromatic carbocycles. The summed E-state index contributed by atoms with van der Waals surface area (Å²) in [5.41, 5.74) is 3.90. The molecule has 1 aliphatic carbocycles. The van der Waals surface area contributed by atoms with Crippen molar-refractivity contribution in [1.29, 1.82) is 0 Å². The fraction of sp³-hybridized carbons (Fsp3) is 0.296. The maximum atomic E-state index is 13.9. The minimum Gasteiger partial charge on any atom is -0.361 e. The van der Waals surface area contributed by atoms with Gasteiger partial charge >= 0.3 is 0 Å².